The van der Waals surface area contributed by atoms with Crippen LogP contribution in [0.1, 0.15) is 0 Å². The standard InChI is InChI=1S/C10H8.2C5H4I.2Fe/c1-2-6-9(5-1)10-7-3-4-8-10;2*6-5-3-1-2-4-5;;/h1-8H;2*1-4H;;/q;;;2*+2. The fraction of sp³-hybridized carbons (Fsp3) is 0. The molecule has 0 saturated heterocycles. The third-order valence-corrected chi connectivity index (χ3v) is 4.34. The van der Waals surface area contributed by atoms with Crippen LogP contribution in [-0.4, -0.2) is 0 Å². The van der Waals surface area contributed by atoms with Crippen molar-refractivity contribution in [1.29, 1.82) is 0 Å². The molecule has 0 atom stereocenters. The summed E-state index contributed by atoms with van der Waals surface area (Å²) in [6, 6.07) is 0. The van der Waals surface area contributed by atoms with Crippen LogP contribution < -0.4 is 0 Å². The minimum atomic E-state index is 0. The Morgan fingerprint density at radius 2 is 0.583 bits per heavy atom. The summed E-state index contributed by atoms with van der Waals surface area (Å²) in [5, 5.41) is 0. The molecule has 0 aromatic carbocycles. The van der Waals surface area contributed by atoms with Gasteiger partial charge < -0.3 is 0 Å². The molecule has 20 radical (unpaired) electrons. The fourth-order valence-corrected chi connectivity index (χ4v) is 2.66. The predicted octanol–water partition coefficient (Wildman–Crippen LogP) is 5.36. The van der Waals surface area contributed by atoms with E-state index in [1.54, 1.807) is 0 Å². The SMILES string of the molecule is I[C]1[CH][CH][CH][CH]1.I[C]1[CH][CH][CH][CH]1.[CH]1[CH][CH][C]([C]2[CH][CH][CH][CH]2)[CH]1.[Fe+2].[Fe+2]. The van der Waals surface area contributed by atoms with Crippen LogP contribution >= 0.6 is 45.2 Å². The minimum Gasteiger partial charge on any atom is -0.0767 e. The van der Waals surface area contributed by atoms with Crippen molar-refractivity contribution >= 4 is 45.2 Å². The van der Waals surface area contributed by atoms with E-state index < -0.39 is 0 Å². The Labute approximate surface area is 199 Å². The molecule has 4 heteroatoms. The molecule has 0 aromatic rings. The first kappa shape index (κ1) is 26.5. The predicted molar refractivity (Wildman–Crippen MR) is 110 cm³/mol. The minimum absolute atomic E-state index is 0. The molecule has 0 aromatic heterocycles. The summed E-state index contributed by atoms with van der Waals surface area (Å²) in [5.41, 5.74) is 0. The maximum Gasteiger partial charge on any atom is 2.00 e. The topological polar surface area (TPSA) is 0 Å². The maximum absolute atomic E-state index is 2.28. The van der Waals surface area contributed by atoms with Crippen LogP contribution in [0.25, 0.3) is 0 Å². The number of hydrogen-bond donors (Lipinski definition) is 0. The Kier molecular flexibility index (Phi) is 18.2. The first-order chi connectivity index (χ1) is 10.8. The largest absolute Gasteiger partial charge is 2.00 e. The van der Waals surface area contributed by atoms with Crippen LogP contribution in [0, 0.1) is 122 Å². The van der Waals surface area contributed by atoms with Crippen molar-refractivity contribution in [3.63, 3.8) is 0 Å². The van der Waals surface area contributed by atoms with Gasteiger partial charge in [-0.1, -0.05) is 45.2 Å². The van der Waals surface area contributed by atoms with E-state index in [0.717, 1.165) is 0 Å². The molecular formula is C20H16Fe2I2+4. The van der Waals surface area contributed by atoms with Crippen molar-refractivity contribution < 1.29 is 34.1 Å². The van der Waals surface area contributed by atoms with Crippen LogP contribution in [0.4, 0.5) is 0 Å². The van der Waals surface area contributed by atoms with Crippen LogP contribution in [0.2, 0.25) is 0 Å². The zero-order valence-corrected chi connectivity index (χ0v) is 19.2. The van der Waals surface area contributed by atoms with E-state index in [9.17, 15) is 0 Å². The van der Waals surface area contributed by atoms with Crippen molar-refractivity contribution in [2.45, 2.75) is 0 Å². The summed E-state index contributed by atoms with van der Waals surface area (Å²) >= 11 is 4.55. The van der Waals surface area contributed by atoms with Gasteiger partial charge in [-0.25, -0.2) is 0 Å². The smallest absolute Gasteiger partial charge is 0.0767 e. The van der Waals surface area contributed by atoms with Crippen LogP contribution in [0.5, 0.6) is 0 Å². The molecule has 122 valence electrons. The molecule has 0 spiro atoms. The normalized spacial score (nSPS) is 25.2. The van der Waals surface area contributed by atoms with Crippen molar-refractivity contribution in [2.24, 2.45) is 0 Å². The van der Waals surface area contributed by atoms with Gasteiger partial charge in [0.1, 0.15) is 0 Å². The molecule has 0 N–H and O–H groups in total. The van der Waals surface area contributed by atoms with Crippen molar-refractivity contribution in [3.8, 4) is 0 Å². The second-order valence-electron chi connectivity index (χ2n) is 4.55. The Hall–Kier alpha value is 2.50. The zero-order valence-electron chi connectivity index (χ0n) is 12.7. The molecule has 0 heterocycles. The van der Waals surface area contributed by atoms with Crippen LogP contribution in [0.3, 0.4) is 0 Å². The van der Waals surface area contributed by atoms with E-state index in [-0.39, 0.29) is 34.1 Å². The average Bonchev–Trinajstić information content (AvgIpc) is 3.30. The summed E-state index contributed by atoms with van der Waals surface area (Å²) in [4.78, 5) is 0. The van der Waals surface area contributed by atoms with Crippen molar-refractivity contribution in [2.75, 3.05) is 0 Å². The molecule has 0 bridgehead atoms. The Balaban J connectivity index is 0.000000334. The summed E-state index contributed by atoms with van der Waals surface area (Å²) in [5.74, 6) is 2.62. The van der Waals surface area contributed by atoms with E-state index in [0.29, 0.717) is 0 Å². The van der Waals surface area contributed by atoms with Crippen molar-refractivity contribution in [1.82, 2.24) is 0 Å². The number of rotatable bonds is 1. The third-order valence-electron chi connectivity index (χ3n) is 2.90. The van der Waals surface area contributed by atoms with Gasteiger partial charge in [-0.05, 0) is 115 Å². The molecule has 4 aliphatic carbocycles. The van der Waals surface area contributed by atoms with E-state index in [1.165, 1.54) is 19.7 Å². The fourth-order valence-electron chi connectivity index (χ4n) is 1.83. The Morgan fingerprint density at radius 1 is 0.375 bits per heavy atom. The molecule has 0 aliphatic heterocycles. The second kappa shape index (κ2) is 16.5. The van der Waals surface area contributed by atoms with Gasteiger partial charge in [0, 0.05) is 7.85 Å². The van der Waals surface area contributed by atoms with Crippen LogP contribution in [-0.2, 0) is 34.1 Å². The second-order valence-corrected chi connectivity index (χ2v) is 7.04. The quantitative estimate of drug-likeness (QED) is 0.273. The van der Waals surface area contributed by atoms with Crippen molar-refractivity contribution in [3.05, 3.63) is 122 Å². The molecule has 4 saturated carbocycles. The van der Waals surface area contributed by atoms with Gasteiger partial charge in [0.05, 0.1) is 0 Å². The summed E-state index contributed by atoms with van der Waals surface area (Å²) in [6.45, 7) is 0. The van der Waals surface area contributed by atoms with Gasteiger partial charge in [-0.2, -0.15) is 0 Å². The van der Waals surface area contributed by atoms with Gasteiger partial charge in [0.15, 0.2) is 0 Å². The third kappa shape index (κ3) is 11.4. The number of hydrogen-bond acceptors (Lipinski definition) is 0. The summed E-state index contributed by atoms with van der Waals surface area (Å²) in [7, 11) is 0. The van der Waals surface area contributed by atoms with Crippen LogP contribution in [0.15, 0.2) is 0 Å². The average molecular weight is 622 g/mol. The molecule has 0 amide bonds. The molecule has 4 fully saturated rings. The van der Waals surface area contributed by atoms with Gasteiger partial charge in [0.25, 0.3) is 0 Å². The zero-order chi connectivity index (χ0) is 15.6. The van der Waals surface area contributed by atoms with E-state index >= 15 is 0 Å². The number of halogens is 2. The first-order valence-corrected chi connectivity index (χ1v) is 9.09. The molecule has 4 aliphatic rings. The van der Waals surface area contributed by atoms with E-state index in [4.69, 9.17) is 0 Å². The molecular weight excluding hydrogens is 606 g/mol. The first-order valence-electron chi connectivity index (χ1n) is 6.94. The molecule has 0 unspecified atom stereocenters. The Morgan fingerprint density at radius 3 is 0.750 bits per heavy atom. The summed E-state index contributed by atoms with van der Waals surface area (Å²) < 4.78 is 2.63. The molecule has 4 rings (SSSR count). The van der Waals surface area contributed by atoms with E-state index in [1.807, 2.05) is 25.7 Å². The summed E-state index contributed by atoms with van der Waals surface area (Å²) in [6.07, 6.45) is 33.1. The van der Waals surface area contributed by atoms with Gasteiger partial charge in [-0.15, -0.1) is 0 Å². The monoisotopic (exact) mass is 622 g/mol. The van der Waals surface area contributed by atoms with Gasteiger partial charge in [-0.3, -0.25) is 0 Å². The van der Waals surface area contributed by atoms with Gasteiger partial charge >= 0.3 is 34.1 Å². The maximum atomic E-state index is 2.28. The Bertz CT molecular complexity index is 237. The molecule has 24 heavy (non-hydrogen) atoms. The molecule has 0 nitrogen and oxygen atoms in total. The van der Waals surface area contributed by atoms with Gasteiger partial charge in [0.2, 0.25) is 0 Å². The van der Waals surface area contributed by atoms with E-state index in [2.05, 4.69) is 122 Å².